The molecule has 7 aromatic carbocycles. The molecule has 0 N–H and O–H groups in total. The van der Waals surface area contributed by atoms with Crippen molar-refractivity contribution in [1.82, 2.24) is 4.48 Å². The van der Waals surface area contributed by atoms with Crippen LogP contribution in [0.5, 0.6) is 0 Å². The summed E-state index contributed by atoms with van der Waals surface area (Å²) in [5, 5.41) is 8.48. The molecule has 71 heavy (non-hydrogen) atoms. The molecule has 0 atom stereocenters. The average molecular weight is 939 g/mol. The van der Waals surface area contributed by atoms with E-state index in [4.69, 9.17) is 0 Å². The fourth-order valence-corrected chi connectivity index (χ4v) is 20.1. The van der Waals surface area contributed by atoms with Crippen molar-refractivity contribution in [2.24, 2.45) is 35.5 Å². The first kappa shape index (κ1) is 41.0. The number of aryl methyl sites for hydroxylation is 1. The van der Waals surface area contributed by atoms with Crippen molar-refractivity contribution < 1.29 is 0 Å². The summed E-state index contributed by atoms with van der Waals surface area (Å²) < 4.78 is 4.31. The normalized spacial score (nSPS) is 28.5. The summed E-state index contributed by atoms with van der Waals surface area (Å²) in [5.41, 5.74) is 20.6. The second-order valence-corrected chi connectivity index (χ2v) is 27.2. The summed E-state index contributed by atoms with van der Waals surface area (Å²) in [5.74, 6) is 5.45. The number of hydrogen-bond acceptors (Lipinski definition) is 2. The van der Waals surface area contributed by atoms with Crippen LogP contribution in [-0.4, -0.2) is 11.3 Å². The van der Waals surface area contributed by atoms with Gasteiger partial charge in [-0.3, -0.25) is 0 Å². The van der Waals surface area contributed by atoms with Crippen LogP contribution < -0.4 is 15.8 Å². The van der Waals surface area contributed by atoms with Crippen LogP contribution in [0.2, 0.25) is 0 Å². The number of rotatable bonds is 4. The standard InChI is InChI=1S/C67H63BN2S/c1-38-20-54-56-31-49(67-35-42-25-43(36-67)27-44(26-42)37-67)30-55-53-29-48(66-32-39-22-40(33-66)24-41(23-39)34-66)16-19-58(53)70(62(55)56)68-60(54)59(21-38)69(64-61(68)51-17-14-46-12-8-9-13-50(46)63(51)71-64)57-18-15-47(65(2,3)4)28-52(57)45-10-6-5-7-11-45/h5-21,28-31,39-44H,22-27,32-37H2,1-4H3. The van der Waals surface area contributed by atoms with E-state index in [-0.39, 0.29) is 17.7 Å². The van der Waals surface area contributed by atoms with Crippen LogP contribution in [-0.2, 0) is 16.2 Å². The van der Waals surface area contributed by atoms with E-state index in [9.17, 15) is 0 Å². The zero-order valence-electron chi connectivity index (χ0n) is 42.0. The van der Waals surface area contributed by atoms with Crippen LogP contribution >= 0.6 is 11.3 Å². The first-order chi connectivity index (χ1) is 34.5. The lowest BCUT2D eigenvalue weighted by Crippen LogP contribution is -2.56. The zero-order valence-corrected chi connectivity index (χ0v) is 42.8. The van der Waals surface area contributed by atoms with Gasteiger partial charge >= 0.3 is 6.85 Å². The molecule has 4 heteroatoms. The van der Waals surface area contributed by atoms with E-state index < -0.39 is 0 Å². The minimum absolute atomic E-state index is 0.00770. The Morgan fingerprint density at radius 2 is 1.17 bits per heavy atom. The fraction of sp³-hybridized carbons (Fsp3) is 0.373. The van der Waals surface area contributed by atoms with Gasteiger partial charge in [0.2, 0.25) is 0 Å². The highest BCUT2D eigenvalue weighted by atomic mass is 32.1. The second kappa shape index (κ2) is 13.9. The molecular formula is C67H63BN2S. The maximum Gasteiger partial charge on any atom is 0.334 e. The SMILES string of the molecule is Cc1cc2c3c(c1)N(c1ccc(C(C)(C)C)cc1-c1ccccc1)c1sc4c(ccc5ccccc54)c1B3n1c3ccc(C45CC6CC(CC(C6)C4)C5)cc3c3cc(C45CC6CC(CC(C6)C4)C5)cc-2c31. The molecule has 0 amide bonds. The van der Waals surface area contributed by atoms with Gasteiger partial charge in [0.1, 0.15) is 0 Å². The Kier molecular flexibility index (Phi) is 8.03. The molecule has 2 aromatic heterocycles. The molecule has 8 fully saturated rings. The van der Waals surface area contributed by atoms with Gasteiger partial charge in [-0.1, -0.05) is 106 Å². The van der Waals surface area contributed by atoms with Crippen molar-refractivity contribution in [1.29, 1.82) is 0 Å². The molecule has 8 aliphatic carbocycles. The van der Waals surface area contributed by atoms with Gasteiger partial charge in [-0.25, -0.2) is 0 Å². The summed E-state index contributed by atoms with van der Waals surface area (Å²) in [6, 6.07) is 51.6. The van der Waals surface area contributed by atoms with Crippen LogP contribution in [0.25, 0.3) is 64.9 Å². The second-order valence-electron chi connectivity index (χ2n) is 26.2. The average Bonchev–Trinajstić information content (AvgIpc) is 3.92. The molecule has 19 rings (SSSR count). The predicted molar refractivity (Wildman–Crippen MR) is 301 cm³/mol. The number of aromatic nitrogens is 1. The maximum atomic E-state index is 2.91. The predicted octanol–water partition coefficient (Wildman–Crippen LogP) is 16.8. The van der Waals surface area contributed by atoms with E-state index in [0.717, 1.165) is 35.5 Å². The topological polar surface area (TPSA) is 8.17 Å². The molecular weight excluding hydrogens is 876 g/mol. The Labute approximate surface area is 423 Å². The highest BCUT2D eigenvalue weighted by Gasteiger charge is 2.54. The molecule has 0 unspecified atom stereocenters. The van der Waals surface area contributed by atoms with E-state index in [2.05, 4.69) is 164 Å². The van der Waals surface area contributed by atoms with Crippen LogP contribution in [0, 0.1) is 42.4 Å². The van der Waals surface area contributed by atoms with Gasteiger partial charge in [0.25, 0.3) is 0 Å². The molecule has 350 valence electrons. The lowest BCUT2D eigenvalue weighted by molar-refractivity contribution is -0.00527. The number of hydrogen-bond donors (Lipinski definition) is 0. The molecule has 0 radical (unpaired) electrons. The molecule has 0 spiro atoms. The Bertz CT molecular complexity index is 3730. The molecule has 10 aliphatic rings. The number of anilines is 3. The third-order valence-corrected chi connectivity index (χ3v) is 22.1. The van der Waals surface area contributed by atoms with Crippen LogP contribution in [0.4, 0.5) is 16.4 Å². The van der Waals surface area contributed by atoms with Gasteiger partial charge in [0.15, 0.2) is 0 Å². The number of thiophene rings is 1. The van der Waals surface area contributed by atoms with E-state index in [1.807, 2.05) is 11.3 Å². The van der Waals surface area contributed by atoms with Crippen molar-refractivity contribution in [3.63, 3.8) is 0 Å². The molecule has 4 heterocycles. The van der Waals surface area contributed by atoms with Gasteiger partial charge in [0, 0.05) is 43.3 Å². The largest absolute Gasteiger partial charge is 0.375 e. The third kappa shape index (κ3) is 5.56. The first-order valence-corrected chi connectivity index (χ1v) is 28.6. The zero-order chi connectivity index (χ0) is 46.9. The van der Waals surface area contributed by atoms with E-state index in [0.29, 0.717) is 5.41 Å². The van der Waals surface area contributed by atoms with Gasteiger partial charge in [-0.2, -0.15) is 0 Å². The fourth-order valence-electron chi connectivity index (χ4n) is 18.8. The van der Waals surface area contributed by atoms with Gasteiger partial charge in [0.05, 0.1) is 10.7 Å². The quantitative estimate of drug-likeness (QED) is 0.160. The van der Waals surface area contributed by atoms with Crippen molar-refractivity contribution in [2.75, 3.05) is 4.90 Å². The van der Waals surface area contributed by atoms with Crippen LogP contribution in [0.1, 0.15) is 120 Å². The lowest BCUT2D eigenvalue weighted by atomic mass is 9.45. The summed E-state index contributed by atoms with van der Waals surface area (Å²) >= 11 is 2.02. The summed E-state index contributed by atoms with van der Waals surface area (Å²) in [6.07, 6.45) is 17.2. The number of fused-ring (bicyclic) bond motifs is 11. The molecule has 2 aliphatic heterocycles. The minimum Gasteiger partial charge on any atom is -0.375 e. The van der Waals surface area contributed by atoms with E-state index in [1.165, 1.54) is 180 Å². The molecule has 9 aromatic rings. The highest BCUT2D eigenvalue weighted by molar-refractivity contribution is 7.26. The van der Waals surface area contributed by atoms with Gasteiger partial charge in [-0.05, 0) is 239 Å². The monoisotopic (exact) mass is 938 g/mol. The highest BCUT2D eigenvalue weighted by Crippen LogP contribution is 2.64. The van der Waals surface area contributed by atoms with Crippen molar-refractivity contribution >= 4 is 88.2 Å². The summed E-state index contributed by atoms with van der Waals surface area (Å²) in [7, 11) is 0. The van der Waals surface area contributed by atoms with Crippen molar-refractivity contribution in [3.05, 3.63) is 150 Å². The Morgan fingerprint density at radius 3 is 1.86 bits per heavy atom. The van der Waals surface area contributed by atoms with Crippen LogP contribution in [0.3, 0.4) is 0 Å². The molecule has 8 bridgehead atoms. The van der Waals surface area contributed by atoms with Gasteiger partial charge < -0.3 is 9.38 Å². The molecule has 0 saturated heterocycles. The molecule has 2 nitrogen and oxygen atoms in total. The maximum absolute atomic E-state index is 2.91. The van der Waals surface area contributed by atoms with E-state index in [1.54, 1.807) is 11.1 Å². The Morgan fingerprint density at radius 1 is 0.521 bits per heavy atom. The van der Waals surface area contributed by atoms with Crippen molar-refractivity contribution in [2.45, 2.75) is 121 Å². The summed E-state index contributed by atoms with van der Waals surface area (Å²) in [4.78, 5) is 2.74. The Hall–Kier alpha value is -5.58. The smallest absolute Gasteiger partial charge is 0.334 e. The molecule has 8 saturated carbocycles. The number of nitrogens with zero attached hydrogens (tertiary/aromatic N) is 2. The minimum atomic E-state index is 0.00770. The third-order valence-electron chi connectivity index (χ3n) is 20.8. The van der Waals surface area contributed by atoms with E-state index >= 15 is 0 Å². The lowest BCUT2D eigenvalue weighted by Gasteiger charge is -2.57. The van der Waals surface area contributed by atoms with Crippen LogP contribution in [0.15, 0.2) is 127 Å². The summed E-state index contributed by atoms with van der Waals surface area (Å²) in [6.45, 7) is 9.48. The van der Waals surface area contributed by atoms with Crippen molar-refractivity contribution in [3.8, 4) is 22.3 Å². The first-order valence-electron chi connectivity index (χ1n) is 27.8. The number of benzene rings is 7. The Balaban J connectivity index is 0.991. The van der Waals surface area contributed by atoms with Gasteiger partial charge in [-0.15, -0.1) is 11.3 Å².